The van der Waals surface area contributed by atoms with E-state index in [1.54, 1.807) is 0 Å². The maximum Gasteiger partial charge on any atom is 0.242 e. The molecule has 17 heavy (non-hydrogen) atoms. The number of nitrogens with one attached hydrogen (secondary N) is 1. The first-order valence-corrected chi connectivity index (χ1v) is 6.32. The van der Waals surface area contributed by atoms with Gasteiger partial charge in [0.1, 0.15) is 11.1 Å². The Balaban J connectivity index is 2.10. The van der Waals surface area contributed by atoms with Crippen molar-refractivity contribution < 1.29 is 9.53 Å². The van der Waals surface area contributed by atoms with Crippen LogP contribution in [0.2, 0.25) is 0 Å². The van der Waals surface area contributed by atoms with Crippen molar-refractivity contribution in [2.24, 2.45) is 0 Å². The second-order valence-electron chi connectivity index (χ2n) is 4.12. The summed E-state index contributed by atoms with van der Waals surface area (Å²) < 4.78 is 5.46. The maximum absolute atomic E-state index is 11.9. The molecule has 1 aliphatic carbocycles. The second kappa shape index (κ2) is 5.41. The number of hydrogen-bond acceptors (Lipinski definition) is 2. The number of para-hydroxylation sites is 1. The van der Waals surface area contributed by atoms with Crippen LogP contribution in [0, 0.1) is 0 Å². The quantitative estimate of drug-likeness (QED) is 0.820. The number of halogens is 1. The molecule has 1 N–H and O–H groups in total. The van der Waals surface area contributed by atoms with Crippen LogP contribution in [0.25, 0.3) is 0 Å². The lowest BCUT2D eigenvalue weighted by Crippen LogP contribution is -2.29. The van der Waals surface area contributed by atoms with Crippen LogP contribution in [-0.4, -0.2) is 18.6 Å². The Kier molecular flexibility index (Phi) is 3.89. The molecular formula is C13H16ClNO2. The largest absolute Gasteiger partial charge is 0.494 e. The summed E-state index contributed by atoms with van der Waals surface area (Å²) in [5.74, 6) is 0.544. The predicted octanol–water partition coefficient (Wildman–Crippen LogP) is 2.64. The minimum Gasteiger partial charge on any atom is -0.494 e. The lowest BCUT2D eigenvalue weighted by atomic mass is 10.1. The van der Waals surface area contributed by atoms with Gasteiger partial charge < -0.3 is 10.1 Å². The number of hydrogen-bond donors (Lipinski definition) is 1. The summed E-state index contributed by atoms with van der Waals surface area (Å²) >= 11 is 6.18. The fourth-order valence-corrected chi connectivity index (χ4v) is 1.86. The van der Waals surface area contributed by atoms with E-state index in [1.165, 1.54) is 0 Å². The molecule has 1 unspecified atom stereocenters. The summed E-state index contributed by atoms with van der Waals surface area (Å²) in [6.07, 6.45) is 2.12. The molecule has 1 amide bonds. The second-order valence-corrected chi connectivity index (χ2v) is 4.55. The van der Waals surface area contributed by atoms with Gasteiger partial charge in [0, 0.05) is 11.6 Å². The van der Waals surface area contributed by atoms with E-state index in [0.29, 0.717) is 18.4 Å². The number of rotatable bonds is 5. The van der Waals surface area contributed by atoms with Crippen LogP contribution >= 0.6 is 11.6 Å². The van der Waals surface area contributed by atoms with Crippen LogP contribution in [0.1, 0.15) is 30.7 Å². The van der Waals surface area contributed by atoms with Crippen molar-refractivity contribution in [1.82, 2.24) is 5.32 Å². The van der Waals surface area contributed by atoms with E-state index in [9.17, 15) is 4.79 Å². The van der Waals surface area contributed by atoms with Crippen molar-refractivity contribution in [2.45, 2.75) is 31.2 Å². The molecule has 0 heterocycles. The summed E-state index contributed by atoms with van der Waals surface area (Å²) in [5.41, 5.74) is 0.731. The standard InChI is InChI=1S/C13H16ClNO2/c1-2-17-11-6-4-3-5-10(11)12(14)13(16)15-9-7-8-9/h3-6,9,12H,2,7-8H2,1H3,(H,15,16). The molecule has 4 heteroatoms. The summed E-state index contributed by atoms with van der Waals surface area (Å²) in [6.45, 7) is 2.47. The van der Waals surface area contributed by atoms with Crippen molar-refractivity contribution in [3.05, 3.63) is 29.8 Å². The van der Waals surface area contributed by atoms with Gasteiger partial charge in [-0.15, -0.1) is 11.6 Å². The molecule has 1 atom stereocenters. The van der Waals surface area contributed by atoms with E-state index in [0.717, 1.165) is 18.4 Å². The average Bonchev–Trinajstić information content (AvgIpc) is 3.13. The Labute approximate surface area is 106 Å². The van der Waals surface area contributed by atoms with E-state index >= 15 is 0 Å². The van der Waals surface area contributed by atoms with Gasteiger partial charge in [0.25, 0.3) is 0 Å². The first kappa shape index (κ1) is 12.2. The number of benzene rings is 1. The topological polar surface area (TPSA) is 38.3 Å². The smallest absolute Gasteiger partial charge is 0.242 e. The van der Waals surface area contributed by atoms with Crippen molar-refractivity contribution >= 4 is 17.5 Å². The van der Waals surface area contributed by atoms with Gasteiger partial charge >= 0.3 is 0 Å². The van der Waals surface area contributed by atoms with E-state index in [1.807, 2.05) is 31.2 Å². The van der Waals surface area contributed by atoms with Gasteiger partial charge in [-0.3, -0.25) is 4.79 Å². The van der Waals surface area contributed by atoms with Crippen LogP contribution in [0.3, 0.4) is 0 Å². The lowest BCUT2D eigenvalue weighted by Gasteiger charge is -2.14. The third-order valence-electron chi connectivity index (χ3n) is 2.65. The van der Waals surface area contributed by atoms with Gasteiger partial charge in [-0.05, 0) is 25.8 Å². The minimum absolute atomic E-state index is 0.138. The molecule has 1 aliphatic rings. The Morgan fingerprint density at radius 2 is 2.24 bits per heavy atom. The minimum atomic E-state index is -0.682. The number of ether oxygens (including phenoxy) is 1. The molecule has 1 aromatic rings. The molecule has 3 nitrogen and oxygen atoms in total. The molecule has 1 saturated carbocycles. The number of carbonyl (C=O) groups excluding carboxylic acids is 1. The highest BCUT2D eigenvalue weighted by atomic mass is 35.5. The van der Waals surface area contributed by atoms with Crippen LogP contribution in [0.5, 0.6) is 5.75 Å². The fourth-order valence-electron chi connectivity index (χ4n) is 1.62. The summed E-state index contributed by atoms with van der Waals surface area (Å²) in [5, 5.41) is 2.21. The van der Waals surface area contributed by atoms with E-state index in [2.05, 4.69) is 5.32 Å². The molecule has 2 rings (SSSR count). The highest BCUT2D eigenvalue weighted by molar-refractivity contribution is 6.31. The Bertz CT molecular complexity index is 404. The van der Waals surface area contributed by atoms with E-state index in [-0.39, 0.29) is 5.91 Å². The van der Waals surface area contributed by atoms with Gasteiger partial charge in [-0.2, -0.15) is 0 Å². The first-order valence-electron chi connectivity index (χ1n) is 5.88. The van der Waals surface area contributed by atoms with E-state index in [4.69, 9.17) is 16.3 Å². The van der Waals surface area contributed by atoms with Crippen LogP contribution < -0.4 is 10.1 Å². The van der Waals surface area contributed by atoms with Gasteiger partial charge in [0.2, 0.25) is 5.91 Å². The van der Waals surface area contributed by atoms with Gasteiger partial charge in [0.15, 0.2) is 0 Å². The van der Waals surface area contributed by atoms with Gasteiger partial charge in [-0.1, -0.05) is 18.2 Å². The molecule has 0 aromatic heterocycles. The zero-order valence-corrected chi connectivity index (χ0v) is 10.5. The Morgan fingerprint density at radius 1 is 1.53 bits per heavy atom. The number of amides is 1. The molecule has 1 aromatic carbocycles. The molecule has 0 bridgehead atoms. The third-order valence-corrected chi connectivity index (χ3v) is 3.08. The van der Waals surface area contributed by atoms with Crippen LogP contribution in [0.4, 0.5) is 0 Å². The van der Waals surface area contributed by atoms with Gasteiger partial charge in [-0.25, -0.2) is 0 Å². The monoisotopic (exact) mass is 253 g/mol. The normalized spacial score (nSPS) is 16.4. The van der Waals surface area contributed by atoms with Crippen molar-refractivity contribution in [2.75, 3.05) is 6.61 Å². The third kappa shape index (κ3) is 3.13. The zero-order valence-electron chi connectivity index (χ0n) is 9.78. The highest BCUT2D eigenvalue weighted by Crippen LogP contribution is 2.31. The highest BCUT2D eigenvalue weighted by Gasteiger charge is 2.28. The van der Waals surface area contributed by atoms with Crippen molar-refractivity contribution in [3.63, 3.8) is 0 Å². The lowest BCUT2D eigenvalue weighted by molar-refractivity contribution is -0.121. The van der Waals surface area contributed by atoms with Gasteiger partial charge in [0.05, 0.1) is 6.61 Å². The fraction of sp³-hybridized carbons (Fsp3) is 0.462. The molecular weight excluding hydrogens is 238 g/mol. The molecule has 0 spiro atoms. The number of alkyl halides is 1. The predicted molar refractivity (Wildman–Crippen MR) is 67.4 cm³/mol. The molecule has 92 valence electrons. The van der Waals surface area contributed by atoms with E-state index < -0.39 is 5.38 Å². The first-order chi connectivity index (χ1) is 8.22. The summed E-state index contributed by atoms with van der Waals surface area (Å²) in [4.78, 5) is 11.9. The van der Waals surface area contributed by atoms with Crippen molar-refractivity contribution in [1.29, 1.82) is 0 Å². The molecule has 1 fully saturated rings. The van der Waals surface area contributed by atoms with Crippen LogP contribution in [0.15, 0.2) is 24.3 Å². The Morgan fingerprint density at radius 3 is 2.88 bits per heavy atom. The average molecular weight is 254 g/mol. The zero-order chi connectivity index (χ0) is 12.3. The molecule has 0 aliphatic heterocycles. The maximum atomic E-state index is 11.9. The SMILES string of the molecule is CCOc1ccccc1C(Cl)C(=O)NC1CC1. The summed E-state index contributed by atoms with van der Waals surface area (Å²) in [6, 6.07) is 7.71. The summed E-state index contributed by atoms with van der Waals surface area (Å²) in [7, 11) is 0. The van der Waals surface area contributed by atoms with Crippen molar-refractivity contribution in [3.8, 4) is 5.75 Å². The molecule has 0 saturated heterocycles. The molecule has 0 radical (unpaired) electrons. The van der Waals surface area contributed by atoms with Crippen LogP contribution in [-0.2, 0) is 4.79 Å². The Hall–Kier alpha value is -1.22. The number of carbonyl (C=O) groups is 1.